The maximum absolute atomic E-state index is 11.6. The molecule has 0 radical (unpaired) electrons. The van der Waals surface area contributed by atoms with Gasteiger partial charge in [-0.2, -0.15) is 0 Å². The Bertz CT molecular complexity index is 406. The third-order valence-corrected chi connectivity index (χ3v) is 2.60. The van der Waals surface area contributed by atoms with E-state index in [-0.39, 0.29) is 58.4 Å². The average Bonchev–Trinajstić information content (AvgIpc) is 2.38. The molecule has 0 aliphatic rings. The zero-order valence-corrected chi connectivity index (χ0v) is 14.6. The van der Waals surface area contributed by atoms with Crippen LogP contribution in [0, 0.1) is 0 Å². The van der Waals surface area contributed by atoms with Crippen LogP contribution in [0.25, 0.3) is 0 Å². The van der Waals surface area contributed by atoms with E-state index in [1.165, 1.54) is 24.3 Å². The summed E-state index contributed by atoms with van der Waals surface area (Å²) in [5.41, 5.74) is 0.546. The first-order chi connectivity index (χ1) is 8.65. The summed E-state index contributed by atoms with van der Waals surface area (Å²) in [6, 6.07) is 5.74. The van der Waals surface area contributed by atoms with Gasteiger partial charge < -0.3 is 11.3 Å². The topological polar surface area (TPSA) is 63.6 Å². The molecular weight excluding hydrogens is 271 g/mol. The summed E-state index contributed by atoms with van der Waals surface area (Å²) in [5, 5.41) is 8.72. The number of hydrogen-bond donors (Lipinski definition) is 1. The normalized spacial score (nSPS) is 9.53. The summed E-state index contributed by atoms with van der Waals surface area (Å²) in [6.45, 7) is 2.54. The molecule has 1 N–H and O–H groups in total. The number of carbonyl (C=O) groups is 2. The van der Waals surface area contributed by atoms with Gasteiger partial charge in [-0.25, -0.2) is 9.59 Å². The van der Waals surface area contributed by atoms with Gasteiger partial charge >= 0.3 is 63.3 Å². The molecule has 5 heteroatoms. The molecule has 1 aromatic rings. The van der Waals surface area contributed by atoms with Crippen molar-refractivity contribution in [3.63, 3.8) is 0 Å². The minimum absolute atomic E-state index is 0. The summed E-state index contributed by atoms with van der Waals surface area (Å²) < 4.78 is 5.09. The molecule has 0 aliphatic heterocycles. The van der Waals surface area contributed by atoms with Gasteiger partial charge in [-0.1, -0.05) is 26.2 Å². The number of carbonyl (C=O) groups excluding carboxylic acids is 1. The number of ether oxygens (including phenoxy) is 1. The molecule has 0 fully saturated rings. The molecule has 0 aromatic heterocycles. The number of benzene rings is 1. The fourth-order valence-electron chi connectivity index (χ4n) is 1.53. The predicted octanol–water partition coefficient (Wildman–Crippen LogP) is 0.238. The van der Waals surface area contributed by atoms with E-state index in [4.69, 9.17) is 9.84 Å². The van der Waals surface area contributed by atoms with Crippen LogP contribution in [0.5, 0.6) is 0 Å². The third kappa shape index (κ3) is 7.22. The van der Waals surface area contributed by atoms with Crippen molar-refractivity contribution in [2.45, 2.75) is 32.6 Å². The van der Waals surface area contributed by atoms with Gasteiger partial charge in [-0.3, -0.25) is 0 Å². The van der Waals surface area contributed by atoms with E-state index in [2.05, 4.69) is 6.92 Å². The summed E-state index contributed by atoms with van der Waals surface area (Å²) >= 11 is 0. The second-order valence-corrected chi connectivity index (χ2v) is 4.08. The van der Waals surface area contributed by atoms with Crippen molar-refractivity contribution in [3.05, 3.63) is 35.4 Å². The third-order valence-electron chi connectivity index (χ3n) is 2.60. The number of aromatic carboxylic acids is 1. The van der Waals surface area contributed by atoms with Crippen LogP contribution in [0.3, 0.4) is 0 Å². The van der Waals surface area contributed by atoms with Crippen LogP contribution in [-0.4, -0.2) is 23.7 Å². The van der Waals surface area contributed by atoms with Gasteiger partial charge in [-0.05, 0) is 30.7 Å². The van der Waals surface area contributed by atoms with E-state index in [1.54, 1.807) is 0 Å². The van der Waals surface area contributed by atoms with Crippen molar-refractivity contribution in [3.8, 4) is 0 Å². The smallest absolute Gasteiger partial charge is 1.00 e. The van der Waals surface area contributed by atoms with Crippen LogP contribution in [0.4, 0.5) is 0 Å². The largest absolute Gasteiger partial charge is 1.00 e. The Balaban J connectivity index is 0. The van der Waals surface area contributed by atoms with E-state index >= 15 is 0 Å². The summed E-state index contributed by atoms with van der Waals surface area (Å²) in [7, 11) is 0. The Morgan fingerprint density at radius 2 is 1.68 bits per heavy atom. The van der Waals surface area contributed by atoms with E-state index in [9.17, 15) is 9.59 Å². The van der Waals surface area contributed by atoms with Crippen molar-refractivity contribution in [1.82, 2.24) is 0 Å². The van der Waals surface area contributed by atoms with Crippen LogP contribution in [0.2, 0.25) is 0 Å². The molecule has 0 heterocycles. The van der Waals surface area contributed by atoms with Crippen molar-refractivity contribution >= 4 is 11.9 Å². The van der Waals surface area contributed by atoms with Gasteiger partial charge in [0, 0.05) is 0 Å². The molecule has 1 aromatic carbocycles. The molecule has 19 heavy (non-hydrogen) atoms. The molecule has 100 valence electrons. The SMILES string of the molecule is CCCCCCOC(=O)c1ccc(C(=O)O)cc1.[H-].[K+]. The van der Waals surface area contributed by atoms with Gasteiger partial charge in [-0.15, -0.1) is 0 Å². The number of hydrogen-bond acceptors (Lipinski definition) is 3. The number of carboxylic acids is 1. The Morgan fingerprint density at radius 3 is 2.21 bits per heavy atom. The Kier molecular flexibility index (Phi) is 10.5. The molecule has 0 aliphatic carbocycles. The minimum Gasteiger partial charge on any atom is -1.00 e. The van der Waals surface area contributed by atoms with Crippen LogP contribution >= 0.6 is 0 Å². The van der Waals surface area contributed by atoms with Gasteiger partial charge in [0.15, 0.2) is 0 Å². The first kappa shape index (κ1) is 18.8. The maximum atomic E-state index is 11.6. The molecule has 0 spiro atoms. The number of rotatable bonds is 7. The van der Waals surface area contributed by atoms with Crippen molar-refractivity contribution in [2.24, 2.45) is 0 Å². The second-order valence-electron chi connectivity index (χ2n) is 4.08. The fraction of sp³-hybridized carbons (Fsp3) is 0.429. The number of unbranched alkanes of at least 4 members (excludes halogenated alkanes) is 3. The standard InChI is InChI=1S/C14H18O4.K.H/c1-2-3-4-5-10-18-14(17)12-8-6-11(7-9-12)13(15)16;;/h6-9H,2-5,10H2,1H3,(H,15,16);;/q;+1;-1. The monoisotopic (exact) mass is 290 g/mol. The van der Waals surface area contributed by atoms with E-state index < -0.39 is 11.9 Å². The zero-order chi connectivity index (χ0) is 13.4. The second kappa shape index (κ2) is 10.6. The van der Waals surface area contributed by atoms with Crippen molar-refractivity contribution in [1.29, 1.82) is 0 Å². The minimum atomic E-state index is -1.01. The molecule has 0 bridgehead atoms. The molecular formula is C14H19KO4. The molecule has 0 atom stereocenters. The maximum Gasteiger partial charge on any atom is 1.00 e. The zero-order valence-electron chi connectivity index (χ0n) is 12.5. The summed E-state index contributed by atoms with van der Waals surface area (Å²) in [4.78, 5) is 22.2. The van der Waals surface area contributed by atoms with Gasteiger partial charge in [0.05, 0.1) is 17.7 Å². The molecule has 0 saturated heterocycles. The summed E-state index contributed by atoms with van der Waals surface area (Å²) in [6.07, 6.45) is 4.21. The van der Waals surface area contributed by atoms with Crippen LogP contribution in [-0.2, 0) is 4.74 Å². The van der Waals surface area contributed by atoms with E-state index in [0.29, 0.717) is 12.2 Å². The number of carboxylic acid groups (broad SMARTS) is 1. The van der Waals surface area contributed by atoms with Crippen molar-refractivity contribution in [2.75, 3.05) is 6.61 Å². The van der Waals surface area contributed by atoms with Gasteiger partial charge in [0.1, 0.15) is 0 Å². The fourth-order valence-corrected chi connectivity index (χ4v) is 1.53. The Labute approximate surface area is 157 Å². The quantitative estimate of drug-likeness (QED) is 0.444. The van der Waals surface area contributed by atoms with E-state index in [1.807, 2.05) is 0 Å². The average molecular weight is 290 g/mol. The van der Waals surface area contributed by atoms with Crippen LogP contribution < -0.4 is 51.4 Å². The first-order valence-corrected chi connectivity index (χ1v) is 6.15. The first-order valence-electron chi connectivity index (χ1n) is 6.15. The van der Waals surface area contributed by atoms with Crippen LogP contribution in [0.15, 0.2) is 24.3 Å². The molecule has 1 rings (SSSR count). The van der Waals surface area contributed by atoms with Gasteiger partial charge in [0.2, 0.25) is 0 Å². The Hall–Kier alpha value is -0.204. The predicted molar refractivity (Wildman–Crippen MR) is 68.9 cm³/mol. The molecule has 0 saturated carbocycles. The van der Waals surface area contributed by atoms with Gasteiger partial charge in [0.25, 0.3) is 0 Å². The molecule has 0 amide bonds. The van der Waals surface area contributed by atoms with Crippen LogP contribution in [0.1, 0.15) is 54.7 Å². The molecule has 0 unspecified atom stereocenters. The van der Waals surface area contributed by atoms with E-state index in [0.717, 1.165) is 25.7 Å². The molecule has 4 nitrogen and oxygen atoms in total. The summed E-state index contributed by atoms with van der Waals surface area (Å²) in [5.74, 6) is -1.40. The number of esters is 1. The Morgan fingerprint density at radius 1 is 1.11 bits per heavy atom. The van der Waals surface area contributed by atoms with Crippen molar-refractivity contribution < 1.29 is 72.2 Å².